The Balaban J connectivity index is 1.51. The van der Waals surface area contributed by atoms with Crippen molar-refractivity contribution in [1.82, 2.24) is 25.0 Å². The summed E-state index contributed by atoms with van der Waals surface area (Å²) in [6.45, 7) is 6.26. The molecule has 0 bridgehead atoms. The number of benzene rings is 3. The minimum absolute atomic E-state index is 0.104. The van der Waals surface area contributed by atoms with Gasteiger partial charge < -0.3 is 4.42 Å². The molecule has 0 aliphatic rings. The molecule has 0 aliphatic heterocycles. The second-order valence-corrected chi connectivity index (χ2v) is 9.16. The first kappa shape index (κ1) is 21.2. The fourth-order valence-corrected chi connectivity index (χ4v) is 4.42. The molecule has 0 radical (unpaired) electrons. The Morgan fingerprint density at radius 1 is 0.758 bits per heavy atom. The second-order valence-electron chi connectivity index (χ2n) is 7.85. The molecular weight excluding hydrogens is 430 g/mol. The zero-order valence-electron chi connectivity index (χ0n) is 18.6. The number of aryl methyl sites for hydroxylation is 2. The lowest BCUT2D eigenvalue weighted by atomic mass is 10.1. The first-order chi connectivity index (χ1) is 16.1. The van der Waals surface area contributed by atoms with Gasteiger partial charge in [0.25, 0.3) is 0 Å². The summed E-state index contributed by atoms with van der Waals surface area (Å²) in [6, 6.07) is 26.3. The van der Waals surface area contributed by atoms with Crippen LogP contribution >= 0.6 is 11.8 Å². The molecule has 3 aromatic carbocycles. The molecule has 33 heavy (non-hydrogen) atoms. The van der Waals surface area contributed by atoms with Gasteiger partial charge in [-0.1, -0.05) is 66.4 Å². The SMILES string of the molecule is Cc1ccc(-n2c(S[C@H](C)c3nnc(-c4ccccc4)o3)nnc2-c2ccccc2)cc1C. The van der Waals surface area contributed by atoms with Gasteiger partial charge in [-0.25, -0.2) is 0 Å². The van der Waals surface area contributed by atoms with Crippen molar-refractivity contribution >= 4 is 11.8 Å². The van der Waals surface area contributed by atoms with Gasteiger partial charge in [-0.3, -0.25) is 4.57 Å². The van der Waals surface area contributed by atoms with Crippen molar-refractivity contribution in [3.05, 3.63) is 95.9 Å². The van der Waals surface area contributed by atoms with Crippen LogP contribution in [0.2, 0.25) is 0 Å². The normalized spacial score (nSPS) is 12.1. The summed E-state index contributed by atoms with van der Waals surface area (Å²) in [5.74, 6) is 1.86. The van der Waals surface area contributed by atoms with Crippen molar-refractivity contribution < 1.29 is 4.42 Å². The van der Waals surface area contributed by atoms with Gasteiger partial charge in [-0.05, 0) is 56.2 Å². The Morgan fingerprint density at radius 3 is 2.15 bits per heavy atom. The maximum atomic E-state index is 5.98. The molecule has 6 nitrogen and oxygen atoms in total. The quantitative estimate of drug-likeness (QED) is 0.275. The van der Waals surface area contributed by atoms with Gasteiger partial charge in [-0.15, -0.1) is 20.4 Å². The van der Waals surface area contributed by atoms with E-state index in [1.54, 1.807) is 11.8 Å². The molecule has 0 fully saturated rings. The molecule has 164 valence electrons. The van der Waals surface area contributed by atoms with Gasteiger partial charge in [0.1, 0.15) is 0 Å². The van der Waals surface area contributed by atoms with Crippen molar-refractivity contribution in [3.8, 4) is 28.5 Å². The van der Waals surface area contributed by atoms with Crippen LogP contribution in [0.5, 0.6) is 0 Å². The van der Waals surface area contributed by atoms with Gasteiger partial charge in [0.05, 0.1) is 10.9 Å². The molecule has 0 saturated carbocycles. The van der Waals surface area contributed by atoms with Crippen LogP contribution in [0.3, 0.4) is 0 Å². The van der Waals surface area contributed by atoms with Crippen molar-refractivity contribution in [2.75, 3.05) is 0 Å². The third-order valence-corrected chi connectivity index (χ3v) is 6.54. The molecule has 0 amide bonds. The van der Waals surface area contributed by atoms with Crippen molar-refractivity contribution in [2.24, 2.45) is 0 Å². The van der Waals surface area contributed by atoms with E-state index in [1.165, 1.54) is 11.1 Å². The number of thioether (sulfide) groups is 1. The van der Waals surface area contributed by atoms with E-state index in [1.807, 2.05) is 67.6 Å². The molecule has 0 unspecified atom stereocenters. The van der Waals surface area contributed by atoms with Crippen molar-refractivity contribution in [1.29, 1.82) is 0 Å². The van der Waals surface area contributed by atoms with E-state index >= 15 is 0 Å². The summed E-state index contributed by atoms with van der Waals surface area (Å²) >= 11 is 1.55. The van der Waals surface area contributed by atoms with Crippen molar-refractivity contribution in [3.63, 3.8) is 0 Å². The van der Waals surface area contributed by atoms with Gasteiger partial charge in [0.2, 0.25) is 11.8 Å². The van der Waals surface area contributed by atoms with Gasteiger partial charge in [0.15, 0.2) is 11.0 Å². The van der Waals surface area contributed by atoms with Crippen LogP contribution in [-0.4, -0.2) is 25.0 Å². The number of hydrogen-bond donors (Lipinski definition) is 0. The van der Waals surface area contributed by atoms with Gasteiger partial charge in [0, 0.05) is 11.1 Å². The molecular formula is C26H23N5OS. The molecule has 0 aliphatic carbocycles. The predicted octanol–water partition coefficient (Wildman–Crippen LogP) is 6.45. The number of hydrogen-bond acceptors (Lipinski definition) is 6. The van der Waals surface area contributed by atoms with E-state index in [4.69, 9.17) is 4.42 Å². The third-order valence-electron chi connectivity index (χ3n) is 5.51. The van der Waals surface area contributed by atoms with Crippen LogP contribution in [0.4, 0.5) is 0 Å². The van der Waals surface area contributed by atoms with E-state index < -0.39 is 0 Å². The smallest absolute Gasteiger partial charge is 0.247 e. The summed E-state index contributed by atoms with van der Waals surface area (Å²) in [7, 11) is 0. The minimum atomic E-state index is -0.104. The molecule has 7 heteroatoms. The van der Waals surface area contributed by atoms with Crippen molar-refractivity contribution in [2.45, 2.75) is 31.2 Å². The zero-order chi connectivity index (χ0) is 22.8. The maximum Gasteiger partial charge on any atom is 0.247 e. The Kier molecular flexibility index (Phi) is 5.79. The Morgan fingerprint density at radius 2 is 1.45 bits per heavy atom. The highest BCUT2D eigenvalue weighted by atomic mass is 32.2. The van der Waals surface area contributed by atoms with Crippen LogP contribution in [-0.2, 0) is 0 Å². The van der Waals surface area contributed by atoms with Gasteiger partial charge >= 0.3 is 0 Å². The standard InChI is InChI=1S/C26H23N5OS/c1-17-14-15-22(16-18(17)2)31-23(20-10-6-4-7-11-20)27-30-26(31)33-19(3)24-28-29-25(32-24)21-12-8-5-9-13-21/h4-16,19H,1-3H3/t19-/m1/s1. The van der Waals surface area contributed by atoms with E-state index in [-0.39, 0.29) is 5.25 Å². The highest BCUT2D eigenvalue weighted by Gasteiger charge is 2.22. The molecule has 5 aromatic rings. The summed E-state index contributed by atoms with van der Waals surface area (Å²) in [5.41, 5.74) is 5.39. The Hall–Kier alpha value is -3.71. The van der Waals surface area contributed by atoms with E-state index in [0.29, 0.717) is 11.8 Å². The minimum Gasteiger partial charge on any atom is -0.419 e. The monoisotopic (exact) mass is 453 g/mol. The molecule has 2 heterocycles. The van der Waals surface area contributed by atoms with Crippen LogP contribution in [0.1, 0.15) is 29.2 Å². The fourth-order valence-electron chi connectivity index (χ4n) is 3.52. The average Bonchev–Trinajstić information content (AvgIpc) is 3.50. The first-order valence-electron chi connectivity index (χ1n) is 10.7. The topological polar surface area (TPSA) is 69.6 Å². The number of rotatable bonds is 6. The average molecular weight is 454 g/mol. The van der Waals surface area contributed by atoms with E-state index in [9.17, 15) is 0 Å². The van der Waals surface area contributed by atoms with Crippen LogP contribution < -0.4 is 0 Å². The molecule has 0 N–H and O–H groups in total. The fraction of sp³-hybridized carbons (Fsp3) is 0.154. The summed E-state index contributed by atoms with van der Waals surface area (Å²) < 4.78 is 8.07. The van der Waals surface area contributed by atoms with Crippen LogP contribution in [0.25, 0.3) is 28.5 Å². The number of aromatic nitrogens is 5. The van der Waals surface area contributed by atoms with E-state index in [0.717, 1.165) is 27.8 Å². The largest absolute Gasteiger partial charge is 0.419 e. The number of nitrogens with zero attached hydrogens (tertiary/aromatic N) is 5. The Bertz CT molecular complexity index is 1380. The molecule has 1 atom stereocenters. The highest BCUT2D eigenvalue weighted by molar-refractivity contribution is 7.99. The summed E-state index contributed by atoms with van der Waals surface area (Å²) in [4.78, 5) is 0. The lowest BCUT2D eigenvalue weighted by Gasteiger charge is -2.13. The van der Waals surface area contributed by atoms with Crippen LogP contribution in [0.15, 0.2) is 88.4 Å². The molecule has 5 rings (SSSR count). The molecule has 2 aromatic heterocycles. The second kappa shape index (κ2) is 9.03. The lowest BCUT2D eigenvalue weighted by molar-refractivity contribution is 0.509. The highest BCUT2D eigenvalue weighted by Crippen LogP contribution is 2.37. The van der Waals surface area contributed by atoms with E-state index in [2.05, 4.69) is 57.0 Å². The molecule has 0 saturated heterocycles. The molecule has 0 spiro atoms. The summed E-state index contributed by atoms with van der Waals surface area (Å²) in [5, 5.41) is 18.3. The van der Waals surface area contributed by atoms with Crippen LogP contribution in [0, 0.1) is 13.8 Å². The lowest BCUT2D eigenvalue weighted by Crippen LogP contribution is -2.02. The summed E-state index contributed by atoms with van der Waals surface area (Å²) in [6.07, 6.45) is 0. The van der Waals surface area contributed by atoms with Gasteiger partial charge in [-0.2, -0.15) is 0 Å². The third kappa shape index (κ3) is 4.32. The first-order valence-corrected chi connectivity index (χ1v) is 11.6. The maximum absolute atomic E-state index is 5.98. The zero-order valence-corrected chi connectivity index (χ0v) is 19.5. The Labute approximate surface area is 196 Å². The predicted molar refractivity (Wildman–Crippen MR) is 130 cm³/mol.